The van der Waals surface area contributed by atoms with Gasteiger partial charge in [0.15, 0.2) is 5.96 Å². The summed E-state index contributed by atoms with van der Waals surface area (Å²) >= 11 is 0. The zero-order chi connectivity index (χ0) is 22.8. The highest BCUT2D eigenvalue weighted by Crippen LogP contribution is 2.18. The molecule has 0 saturated carbocycles. The van der Waals surface area contributed by atoms with Gasteiger partial charge in [-0.2, -0.15) is 0 Å². The van der Waals surface area contributed by atoms with Crippen molar-refractivity contribution in [1.29, 1.82) is 0 Å². The highest BCUT2D eigenvalue weighted by Gasteiger charge is 2.20. The number of rotatable bonds is 10. The topological polar surface area (TPSA) is 60.0 Å². The zero-order valence-corrected chi connectivity index (χ0v) is 19.7. The Labute approximate surface area is 192 Å². The number of likely N-dealkylation sites (tertiary alicyclic amines) is 1. The van der Waals surface area contributed by atoms with Crippen LogP contribution in [0.15, 0.2) is 53.5 Å². The van der Waals surface area contributed by atoms with E-state index in [9.17, 15) is 4.79 Å². The monoisotopic (exact) mass is 435 g/mol. The molecule has 32 heavy (non-hydrogen) atoms. The summed E-state index contributed by atoms with van der Waals surface area (Å²) in [4.78, 5) is 21.2. The van der Waals surface area contributed by atoms with Gasteiger partial charge in [-0.05, 0) is 56.0 Å². The van der Waals surface area contributed by atoms with Crippen molar-refractivity contribution in [2.75, 3.05) is 37.6 Å². The molecule has 0 bridgehead atoms. The van der Waals surface area contributed by atoms with Crippen molar-refractivity contribution < 1.29 is 4.79 Å². The molecule has 2 aromatic rings. The van der Waals surface area contributed by atoms with Crippen molar-refractivity contribution in [3.05, 3.63) is 65.2 Å². The fourth-order valence-electron chi connectivity index (χ4n) is 4.05. The summed E-state index contributed by atoms with van der Waals surface area (Å²) in [7, 11) is 0. The SMILES string of the molecule is CCNC(=NCc1ccccc1CN1CCCC1=O)NCCN(CC)c1cccc(C)c1. The van der Waals surface area contributed by atoms with Gasteiger partial charge >= 0.3 is 0 Å². The van der Waals surface area contributed by atoms with Gasteiger partial charge in [-0.1, -0.05) is 36.4 Å². The number of likely N-dealkylation sites (N-methyl/N-ethyl adjacent to an activating group) is 1. The van der Waals surface area contributed by atoms with Crippen LogP contribution in [0, 0.1) is 6.92 Å². The number of nitrogens with zero attached hydrogens (tertiary/aromatic N) is 3. The average Bonchev–Trinajstić information content (AvgIpc) is 3.20. The predicted octanol–water partition coefficient (Wildman–Crippen LogP) is 3.70. The fourth-order valence-corrected chi connectivity index (χ4v) is 4.05. The number of aryl methyl sites for hydroxylation is 1. The first kappa shape index (κ1) is 23.6. The molecule has 3 rings (SSSR count). The number of aliphatic imine (C=N–C) groups is 1. The van der Waals surface area contributed by atoms with Crippen molar-refractivity contribution in [2.45, 2.75) is 46.7 Å². The maximum absolute atomic E-state index is 12.0. The Bertz CT molecular complexity index is 911. The van der Waals surface area contributed by atoms with E-state index in [2.05, 4.69) is 72.7 Å². The van der Waals surface area contributed by atoms with Gasteiger partial charge in [0.1, 0.15) is 0 Å². The van der Waals surface area contributed by atoms with Crippen LogP contribution in [0.3, 0.4) is 0 Å². The second-order valence-electron chi connectivity index (χ2n) is 8.23. The summed E-state index contributed by atoms with van der Waals surface area (Å²) in [6.45, 7) is 12.0. The van der Waals surface area contributed by atoms with E-state index in [-0.39, 0.29) is 5.91 Å². The largest absolute Gasteiger partial charge is 0.370 e. The van der Waals surface area contributed by atoms with Gasteiger partial charge in [-0.3, -0.25) is 4.79 Å². The maximum atomic E-state index is 12.0. The number of nitrogens with one attached hydrogen (secondary N) is 2. The molecule has 1 heterocycles. The molecule has 1 aliphatic rings. The van der Waals surface area contributed by atoms with E-state index >= 15 is 0 Å². The molecule has 1 amide bonds. The van der Waals surface area contributed by atoms with Crippen LogP contribution >= 0.6 is 0 Å². The third-order valence-electron chi connectivity index (χ3n) is 5.83. The molecule has 2 aromatic carbocycles. The quantitative estimate of drug-likeness (QED) is 0.441. The maximum Gasteiger partial charge on any atom is 0.222 e. The molecule has 0 atom stereocenters. The lowest BCUT2D eigenvalue weighted by Gasteiger charge is -2.24. The predicted molar refractivity (Wildman–Crippen MR) is 133 cm³/mol. The summed E-state index contributed by atoms with van der Waals surface area (Å²) in [6.07, 6.45) is 1.64. The molecular formula is C26H37N5O. The van der Waals surface area contributed by atoms with Gasteiger partial charge in [0, 0.05) is 51.4 Å². The smallest absolute Gasteiger partial charge is 0.222 e. The fraction of sp³-hybridized carbons (Fsp3) is 0.462. The molecule has 6 nitrogen and oxygen atoms in total. The van der Waals surface area contributed by atoms with E-state index in [1.165, 1.54) is 22.4 Å². The third-order valence-corrected chi connectivity index (χ3v) is 5.83. The number of anilines is 1. The van der Waals surface area contributed by atoms with E-state index in [0.29, 0.717) is 19.5 Å². The summed E-state index contributed by atoms with van der Waals surface area (Å²) in [6, 6.07) is 16.9. The highest BCUT2D eigenvalue weighted by atomic mass is 16.2. The van der Waals surface area contributed by atoms with Gasteiger partial charge < -0.3 is 20.4 Å². The Morgan fingerprint density at radius 3 is 2.59 bits per heavy atom. The van der Waals surface area contributed by atoms with Crippen LogP contribution in [0.2, 0.25) is 0 Å². The minimum atomic E-state index is 0.257. The molecular weight excluding hydrogens is 398 g/mol. The summed E-state index contributed by atoms with van der Waals surface area (Å²) < 4.78 is 0. The van der Waals surface area contributed by atoms with Crippen LogP contribution in [0.25, 0.3) is 0 Å². The lowest BCUT2D eigenvalue weighted by atomic mass is 10.1. The van der Waals surface area contributed by atoms with Crippen molar-refractivity contribution in [3.63, 3.8) is 0 Å². The molecule has 0 aromatic heterocycles. The van der Waals surface area contributed by atoms with Crippen molar-refractivity contribution in [3.8, 4) is 0 Å². The molecule has 172 valence electrons. The minimum Gasteiger partial charge on any atom is -0.370 e. The lowest BCUT2D eigenvalue weighted by molar-refractivity contribution is -0.128. The lowest BCUT2D eigenvalue weighted by Crippen LogP contribution is -2.41. The Balaban J connectivity index is 1.59. The number of hydrogen-bond donors (Lipinski definition) is 2. The van der Waals surface area contributed by atoms with Crippen LogP contribution in [0.5, 0.6) is 0 Å². The molecule has 2 N–H and O–H groups in total. The van der Waals surface area contributed by atoms with E-state index in [0.717, 1.165) is 45.1 Å². The first-order valence-electron chi connectivity index (χ1n) is 11.8. The van der Waals surface area contributed by atoms with Crippen LogP contribution in [0.4, 0.5) is 5.69 Å². The van der Waals surface area contributed by atoms with Gasteiger partial charge in [-0.25, -0.2) is 4.99 Å². The minimum absolute atomic E-state index is 0.257. The first-order chi connectivity index (χ1) is 15.6. The first-order valence-corrected chi connectivity index (χ1v) is 11.8. The van der Waals surface area contributed by atoms with Crippen LogP contribution < -0.4 is 15.5 Å². The summed E-state index contributed by atoms with van der Waals surface area (Å²) in [5, 5.41) is 6.82. The van der Waals surface area contributed by atoms with Crippen LogP contribution in [-0.2, 0) is 17.9 Å². The van der Waals surface area contributed by atoms with E-state index < -0.39 is 0 Å². The summed E-state index contributed by atoms with van der Waals surface area (Å²) in [5.41, 5.74) is 4.87. The van der Waals surface area contributed by atoms with Crippen molar-refractivity contribution in [2.24, 2.45) is 4.99 Å². The van der Waals surface area contributed by atoms with Gasteiger partial charge in [0.25, 0.3) is 0 Å². The normalized spacial score (nSPS) is 14.0. The zero-order valence-electron chi connectivity index (χ0n) is 19.7. The molecule has 1 aliphatic heterocycles. The molecule has 0 radical (unpaired) electrons. The number of hydrogen-bond acceptors (Lipinski definition) is 3. The van der Waals surface area contributed by atoms with Crippen molar-refractivity contribution >= 4 is 17.6 Å². The van der Waals surface area contributed by atoms with Gasteiger partial charge in [0.05, 0.1) is 6.54 Å². The molecule has 6 heteroatoms. The third kappa shape index (κ3) is 6.74. The Kier molecular flexibility index (Phi) is 8.96. The number of carbonyl (C=O) groups excluding carboxylic acids is 1. The Hall–Kier alpha value is -3.02. The Morgan fingerprint density at radius 1 is 1.09 bits per heavy atom. The highest BCUT2D eigenvalue weighted by molar-refractivity contribution is 5.80. The number of benzene rings is 2. The van der Waals surface area contributed by atoms with E-state index in [1.807, 2.05) is 17.0 Å². The second kappa shape index (κ2) is 12.1. The van der Waals surface area contributed by atoms with E-state index in [4.69, 9.17) is 4.99 Å². The van der Waals surface area contributed by atoms with Crippen molar-refractivity contribution in [1.82, 2.24) is 15.5 Å². The molecule has 1 fully saturated rings. The molecule has 0 spiro atoms. The number of guanidine groups is 1. The van der Waals surface area contributed by atoms with Crippen LogP contribution in [-0.4, -0.2) is 49.5 Å². The van der Waals surface area contributed by atoms with E-state index in [1.54, 1.807) is 0 Å². The standard InChI is InChI=1S/C26H37N5O/c1-4-27-26(28-15-17-30(5-2)24-13-8-10-21(3)18-24)29-19-22-11-6-7-12-23(22)20-31-16-9-14-25(31)32/h6-8,10-13,18H,4-5,9,14-17,19-20H2,1-3H3,(H2,27,28,29). The summed E-state index contributed by atoms with van der Waals surface area (Å²) in [5.74, 6) is 1.08. The van der Waals surface area contributed by atoms with Gasteiger partial charge in [-0.15, -0.1) is 0 Å². The second-order valence-corrected chi connectivity index (χ2v) is 8.23. The molecule has 0 aliphatic carbocycles. The number of carbonyl (C=O) groups is 1. The number of amides is 1. The Morgan fingerprint density at radius 2 is 1.91 bits per heavy atom. The molecule has 0 unspecified atom stereocenters. The van der Waals surface area contributed by atoms with Crippen LogP contribution in [0.1, 0.15) is 43.4 Å². The average molecular weight is 436 g/mol. The molecule has 1 saturated heterocycles. The van der Waals surface area contributed by atoms with Gasteiger partial charge in [0.2, 0.25) is 5.91 Å².